The highest BCUT2D eigenvalue weighted by atomic mass is 35.5. The van der Waals surface area contributed by atoms with E-state index in [1.165, 1.54) is 25.6 Å². The summed E-state index contributed by atoms with van der Waals surface area (Å²) in [6.45, 7) is 3.23. The Hall–Kier alpha value is -0.830. The van der Waals surface area contributed by atoms with Gasteiger partial charge in [0.15, 0.2) is 0 Å². The fraction of sp³-hybridized carbons (Fsp3) is 0.600. The minimum absolute atomic E-state index is 0.490. The number of hydrogen-bond acceptors (Lipinski definition) is 3. The summed E-state index contributed by atoms with van der Waals surface area (Å²) in [7, 11) is 0. The lowest BCUT2D eigenvalue weighted by atomic mass is 10.0. The van der Waals surface area contributed by atoms with Gasteiger partial charge >= 0.3 is 0 Å². The molecule has 0 aromatic carbocycles. The molecule has 0 saturated heterocycles. The fourth-order valence-corrected chi connectivity index (χ4v) is 1.69. The third-order valence-electron chi connectivity index (χ3n) is 2.99. The van der Waals surface area contributed by atoms with E-state index in [0.717, 1.165) is 12.4 Å². The Balaban J connectivity index is 1.92. The zero-order valence-electron chi connectivity index (χ0n) is 8.26. The first-order valence-corrected chi connectivity index (χ1v) is 5.33. The van der Waals surface area contributed by atoms with Crippen LogP contribution in [0.2, 0.25) is 5.15 Å². The molecule has 4 heteroatoms. The number of rotatable bonds is 4. The topological polar surface area (TPSA) is 37.8 Å². The summed E-state index contributed by atoms with van der Waals surface area (Å²) >= 11 is 5.75. The highest BCUT2D eigenvalue weighted by molar-refractivity contribution is 6.29. The molecule has 1 aliphatic carbocycles. The first kappa shape index (κ1) is 9.71. The van der Waals surface area contributed by atoms with Crippen LogP contribution in [0.4, 0.5) is 5.82 Å². The van der Waals surface area contributed by atoms with Gasteiger partial charge in [-0.3, -0.25) is 0 Å². The van der Waals surface area contributed by atoms with Crippen molar-refractivity contribution in [3.05, 3.63) is 17.5 Å². The van der Waals surface area contributed by atoms with Crippen LogP contribution >= 0.6 is 11.6 Å². The highest BCUT2D eigenvalue weighted by Gasteiger charge is 2.40. The van der Waals surface area contributed by atoms with E-state index in [1.807, 2.05) is 0 Å². The van der Waals surface area contributed by atoms with Crippen molar-refractivity contribution in [3.63, 3.8) is 0 Å². The van der Waals surface area contributed by atoms with E-state index in [-0.39, 0.29) is 0 Å². The minimum Gasteiger partial charge on any atom is -0.369 e. The number of anilines is 1. The van der Waals surface area contributed by atoms with Crippen LogP contribution in [-0.2, 0) is 0 Å². The van der Waals surface area contributed by atoms with Gasteiger partial charge in [0.2, 0.25) is 0 Å². The Bertz CT molecular complexity index is 323. The van der Waals surface area contributed by atoms with Crippen LogP contribution in [0.5, 0.6) is 0 Å². The van der Waals surface area contributed by atoms with E-state index in [4.69, 9.17) is 11.6 Å². The van der Waals surface area contributed by atoms with E-state index >= 15 is 0 Å². The van der Waals surface area contributed by atoms with Crippen molar-refractivity contribution in [3.8, 4) is 0 Å². The van der Waals surface area contributed by atoms with Crippen molar-refractivity contribution in [2.24, 2.45) is 5.41 Å². The molecule has 1 N–H and O–H groups in total. The lowest BCUT2D eigenvalue weighted by Crippen LogP contribution is -2.15. The summed E-state index contributed by atoms with van der Waals surface area (Å²) in [5.41, 5.74) is 0.525. The number of hydrogen-bond donors (Lipinski definition) is 1. The molecule has 14 heavy (non-hydrogen) atoms. The zero-order valence-corrected chi connectivity index (χ0v) is 9.01. The second-order valence-corrected chi connectivity index (χ2v) is 4.32. The quantitative estimate of drug-likeness (QED) is 0.779. The van der Waals surface area contributed by atoms with Gasteiger partial charge in [0.1, 0.15) is 17.3 Å². The number of nitrogens with zero attached hydrogens (tertiary/aromatic N) is 2. The van der Waals surface area contributed by atoms with E-state index in [1.54, 1.807) is 6.07 Å². The van der Waals surface area contributed by atoms with Crippen LogP contribution < -0.4 is 5.32 Å². The monoisotopic (exact) mass is 211 g/mol. The lowest BCUT2D eigenvalue weighted by Gasteiger charge is -2.13. The average Bonchev–Trinajstić information content (AvgIpc) is 2.96. The largest absolute Gasteiger partial charge is 0.369 e. The molecule has 0 bridgehead atoms. The second kappa shape index (κ2) is 3.73. The molecule has 0 spiro atoms. The molecule has 0 amide bonds. The van der Waals surface area contributed by atoms with Crippen LogP contribution in [-0.4, -0.2) is 16.5 Å². The van der Waals surface area contributed by atoms with Crippen LogP contribution in [0.15, 0.2) is 12.4 Å². The van der Waals surface area contributed by atoms with Gasteiger partial charge < -0.3 is 5.32 Å². The maximum absolute atomic E-state index is 5.75. The fourth-order valence-electron chi connectivity index (χ4n) is 1.54. The Morgan fingerprint density at radius 3 is 2.86 bits per heavy atom. The Morgan fingerprint density at radius 1 is 1.50 bits per heavy atom. The molecule has 0 atom stereocenters. The molecule has 2 rings (SSSR count). The van der Waals surface area contributed by atoms with Crippen molar-refractivity contribution >= 4 is 17.4 Å². The summed E-state index contributed by atoms with van der Waals surface area (Å²) < 4.78 is 0. The van der Waals surface area contributed by atoms with Gasteiger partial charge in [0.05, 0.1) is 0 Å². The molecule has 1 aromatic heterocycles. The van der Waals surface area contributed by atoms with Crippen molar-refractivity contribution in [2.45, 2.75) is 26.2 Å². The lowest BCUT2D eigenvalue weighted by molar-refractivity contribution is 0.520. The van der Waals surface area contributed by atoms with Crippen LogP contribution in [0.1, 0.15) is 26.2 Å². The van der Waals surface area contributed by atoms with E-state index in [9.17, 15) is 0 Å². The molecule has 0 unspecified atom stereocenters. The maximum atomic E-state index is 5.75. The minimum atomic E-state index is 0.490. The number of aromatic nitrogens is 2. The molecule has 0 aliphatic heterocycles. The van der Waals surface area contributed by atoms with Crippen molar-refractivity contribution in [2.75, 3.05) is 11.9 Å². The molecule has 1 aliphatic rings. The molecular weight excluding hydrogens is 198 g/mol. The molecule has 1 aromatic rings. The van der Waals surface area contributed by atoms with Crippen molar-refractivity contribution < 1.29 is 0 Å². The average molecular weight is 212 g/mol. The molecule has 76 valence electrons. The van der Waals surface area contributed by atoms with E-state index in [2.05, 4.69) is 22.2 Å². The van der Waals surface area contributed by atoms with Gasteiger partial charge in [-0.1, -0.05) is 18.5 Å². The second-order valence-electron chi connectivity index (χ2n) is 3.93. The Labute approximate surface area is 88.9 Å². The molecule has 1 fully saturated rings. The first-order chi connectivity index (χ1) is 6.74. The van der Waals surface area contributed by atoms with Gasteiger partial charge in [-0.15, -0.1) is 0 Å². The molecular formula is C10H14ClN3. The third-order valence-corrected chi connectivity index (χ3v) is 3.19. The van der Waals surface area contributed by atoms with E-state index in [0.29, 0.717) is 10.6 Å². The summed E-state index contributed by atoms with van der Waals surface area (Å²) in [6, 6.07) is 1.76. The number of halogens is 1. The standard InChI is InChI=1S/C10H14ClN3/c1-2-10(3-4-10)6-12-9-5-8(11)13-7-14-9/h5,7H,2-4,6H2,1H3,(H,12,13,14). The van der Waals surface area contributed by atoms with Crippen LogP contribution in [0, 0.1) is 5.41 Å². The maximum Gasteiger partial charge on any atom is 0.134 e. The van der Waals surface area contributed by atoms with E-state index < -0.39 is 0 Å². The van der Waals surface area contributed by atoms with Gasteiger partial charge in [-0.05, 0) is 24.7 Å². The summed E-state index contributed by atoms with van der Waals surface area (Å²) in [5.74, 6) is 0.824. The molecule has 0 radical (unpaired) electrons. The Morgan fingerprint density at radius 2 is 2.29 bits per heavy atom. The number of nitrogens with one attached hydrogen (secondary N) is 1. The smallest absolute Gasteiger partial charge is 0.134 e. The van der Waals surface area contributed by atoms with Crippen molar-refractivity contribution in [1.82, 2.24) is 9.97 Å². The van der Waals surface area contributed by atoms with Gasteiger partial charge in [0, 0.05) is 12.6 Å². The van der Waals surface area contributed by atoms with Gasteiger partial charge in [-0.2, -0.15) is 0 Å². The normalized spacial score (nSPS) is 17.9. The summed E-state index contributed by atoms with van der Waals surface area (Å²) in [6.07, 6.45) is 5.37. The predicted octanol–water partition coefficient (Wildman–Crippen LogP) is 2.73. The SMILES string of the molecule is CCC1(CNc2cc(Cl)ncn2)CC1. The third kappa shape index (κ3) is 2.15. The molecule has 3 nitrogen and oxygen atoms in total. The molecule has 1 heterocycles. The summed E-state index contributed by atoms with van der Waals surface area (Å²) in [4.78, 5) is 7.93. The predicted molar refractivity (Wildman–Crippen MR) is 57.5 cm³/mol. The van der Waals surface area contributed by atoms with Crippen LogP contribution in [0.25, 0.3) is 0 Å². The zero-order chi connectivity index (χ0) is 10.0. The van der Waals surface area contributed by atoms with Crippen molar-refractivity contribution in [1.29, 1.82) is 0 Å². The molecule has 1 saturated carbocycles. The Kier molecular flexibility index (Phi) is 2.59. The van der Waals surface area contributed by atoms with Gasteiger partial charge in [0.25, 0.3) is 0 Å². The van der Waals surface area contributed by atoms with Crippen LogP contribution in [0.3, 0.4) is 0 Å². The van der Waals surface area contributed by atoms with Gasteiger partial charge in [-0.25, -0.2) is 9.97 Å². The first-order valence-electron chi connectivity index (χ1n) is 4.95. The highest BCUT2D eigenvalue weighted by Crippen LogP contribution is 2.48. The summed E-state index contributed by atoms with van der Waals surface area (Å²) in [5, 5.41) is 3.79.